The summed E-state index contributed by atoms with van der Waals surface area (Å²) < 4.78 is 80.6. The molecule has 1 aromatic carbocycles. The molecule has 0 fully saturated rings. The highest BCUT2D eigenvalue weighted by molar-refractivity contribution is 6.09. The number of alkyl halides is 6. The van der Waals surface area contributed by atoms with Gasteiger partial charge >= 0.3 is 18.0 Å². The van der Waals surface area contributed by atoms with Crippen LogP contribution in [0.2, 0.25) is 0 Å². The van der Waals surface area contributed by atoms with Gasteiger partial charge in [0, 0.05) is 17.3 Å². The number of carbonyl (C=O) groups excluding carboxylic acids is 1. The van der Waals surface area contributed by atoms with E-state index in [0.29, 0.717) is 0 Å². The van der Waals surface area contributed by atoms with Crippen molar-refractivity contribution in [1.29, 1.82) is 0 Å². The molecule has 12 heteroatoms. The van der Waals surface area contributed by atoms with E-state index < -0.39 is 57.7 Å². The van der Waals surface area contributed by atoms with Gasteiger partial charge in [-0.1, -0.05) is 19.9 Å². The van der Waals surface area contributed by atoms with Crippen molar-refractivity contribution < 1.29 is 31.1 Å². The minimum absolute atomic E-state index is 0.112. The fourth-order valence-electron chi connectivity index (χ4n) is 3.39. The first kappa shape index (κ1) is 24.9. The average molecular weight is 485 g/mol. The number of hydrogen-bond donors (Lipinski definition) is 1. The van der Waals surface area contributed by atoms with Gasteiger partial charge < -0.3 is 0 Å². The molecule has 180 valence electrons. The highest BCUT2D eigenvalue weighted by Crippen LogP contribution is 2.37. The van der Waals surface area contributed by atoms with Crippen LogP contribution in [0.5, 0.6) is 0 Å². The summed E-state index contributed by atoms with van der Waals surface area (Å²) in [6, 6.07) is 5.06. The van der Waals surface area contributed by atoms with Gasteiger partial charge in [0.25, 0.3) is 5.56 Å². The number of carbonyl (C=O) groups is 1. The number of nitrogens with zero attached hydrogens (tertiary/aromatic N) is 2. The summed E-state index contributed by atoms with van der Waals surface area (Å²) in [6.45, 7) is 2.62. The van der Waals surface area contributed by atoms with E-state index >= 15 is 0 Å². The summed E-state index contributed by atoms with van der Waals surface area (Å²) in [5, 5.41) is 0. The van der Waals surface area contributed by atoms with Crippen LogP contribution in [-0.2, 0) is 18.9 Å². The van der Waals surface area contributed by atoms with Crippen molar-refractivity contribution in [2.24, 2.45) is 0 Å². The summed E-state index contributed by atoms with van der Waals surface area (Å²) in [7, 11) is 0. The summed E-state index contributed by atoms with van der Waals surface area (Å²) in [6.07, 6.45) is -8.97. The van der Waals surface area contributed by atoms with Gasteiger partial charge in [0.15, 0.2) is 0 Å². The van der Waals surface area contributed by atoms with Crippen molar-refractivity contribution in [3.63, 3.8) is 0 Å². The molecule has 3 aromatic rings. The maximum absolute atomic E-state index is 13.4. The van der Waals surface area contributed by atoms with E-state index in [9.17, 15) is 40.7 Å². The van der Waals surface area contributed by atoms with Gasteiger partial charge in [0.2, 0.25) is 5.78 Å². The minimum Gasteiger partial charge on any atom is -0.287 e. The SMILES string of the molecule is CC(C)c1c(C(=O)c2cc(C(F)(F)F)cc(C(F)(F)F)c2)n(Cc2ccccn2)c(=O)[nH]c1=O. The zero-order valence-corrected chi connectivity index (χ0v) is 17.7. The number of aromatic nitrogens is 3. The number of pyridine rings is 1. The highest BCUT2D eigenvalue weighted by atomic mass is 19.4. The molecule has 0 aliphatic carbocycles. The highest BCUT2D eigenvalue weighted by Gasteiger charge is 2.38. The molecular formula is C22H17F6N3O3. The Morgan fingerprint density at radius 3 is 2.06 bits per heavy atom. The van der Waals surface area contributed by atoms with E-state index in [2.05, 4.69) is 4.98 Å². The van der Waals surface area contributed by atoms with Gasteiger partial charge in [-0.25, -0.2) is 4.79 Å². The Balaban J connectivity index is 2.33. The number of aromatic amines is 1. The molecular weight excluding hydrogens is 468 g/mol. The number of halogens is 6. The lowest BCUT2D eigenvalue weighted by Gasteiger charge is -2.18. The second-order valence-corrected chi connectivity index (χ2v) is 7.71. The number of nitrogens with one attached hydrogen (secondary N) is 1. The second kappa shape index (κ2) is 8.92. The standard InChI is InChI=1S/C22H17F6N3O3/c1-11(2)16-17(31(20(34)30-19(16)33)10-15-5-3-4-6-29-15)18(32)12-7-13(21(23,24)25)9-14(8-12)22(26,27)28/h3-9,11H,10H2,1-2H3,(H,30,33,34). The molecule has 0 spiro atoms. The number of ketones is 1. The first-order valence-corrected chi connectivity index (χ1v) is 9.81. The van der Waals surface area contributed by atoms with Crippen LogP contribution in [-0.4, -0.2) is 20.3 Å². The van der Waals surface area contributed by atoms with Crippen molar-refractivity contribution in [3.05, 3.63) is 97.1 Å². The largest absolute Gasteiger partial charge is 0.416 e. The molecule has 34 heavy (non-hydrogen) atoms. The second-order valence-electron chi connectivity index (χ2n) is 7.71. The third kappa shape index (κ3) is 5.10. The van der Waals surface area contributed by atoms with E-state index in [4.69, 9.17) is 0 Å². The van der Waals surface area contributed by atoms with Gasteiger partial charge in [0.05, 0.1) is 23.4 Å². The molecule has 0 saturated heterocycles. The molecule has 0 aliphatic rings. The molecule has 0 atom stereocenters. The molecule has 2 heterocycles. The van der Waals surface area contributed by atoms with Gasteiger partial charge in [-0.05, 0) is 36.2 Å². The first-order chi connectivity index (χ1) is 15.7. The zero-order valence-electron chi connectivity index (χ0n) is 17.7. The average Bonchev–Trinajstić information content (AvgIpc) is 2.73. The Morgan fingerprint density at radius 2 is 1.59 bits per heavy atom. The normalized spacial score (nSPS) is 12.3. The number of H-pyrrole nitrogens is 1. The fraction of sp³-hybridized carbons (Fsp3) is 0.273. The zero-order chi connectivity index (χ0) is 25.4. The summed E-state index contributed by atoms with van der Waals surface area (Å²) in [4.78, 5) is 44.5. The van der Waals surface area contributed by atoms with Crippen molar-refractivity contribution in [1.82, 2.24) is 14.5 Å². The molecule has 2 aromatic heterocycles. The van der Waals surface area contributed by atoms with Crippen LogP contribution in [0.1, 0.15) is 58.2 Å². The summed E-state index contributed by atoms with van der Waals surface area (Å²) >= 11 is 0. The lowest BCUT2D eigenvalue weighted by Crippen LogP contribution is -2.38. The third-order valence-corrected chi connectivity index (χ3v) is 4.92. The van der Waals surface area contributed by atoms with Gasteiger partial charge in [-0.2, -0.15) is 26.3 Å². The van der Waals surface area contributed by atoms with Crippen LogP contribution in [0, 0.1) is 0 Å². The Labute approximate surface area is 187 Å². The minimum atomic E-state index is -5.18. The Hall–Kier alpha value is -3.70. The Bertz CT molecular complexity index is 1310. The van der Waals surface area contributed by atoms with Crippen molar-refractivity contribution >= 4 is 5.78 Å². The number of rotatable bonds is 5. The molecule has 0 unspecified atom stereocenters. The van der Waals surface area contributed by atoms with E-state index in [-0.39, 0.29) is 36.0 Å². The van der Waals surface area contributed by atoms with Crippen LogP contribution >= 0.6 is 0 Å². The lowest BCUT2D eigenvalue weighted by molar-refractivity contribution is -0.143. The Kier molecular flexibility index (Phi) is 6.54. The topological polar surface area (TPSA) is 84.8 Å². The Morgan fingerprint density at radius 1 is 1.00 bits per heavy atom. The van der Waals surface area contributed by atoms with Crippen molar-refractivity contribution in [2.75, 3.05) is 0 Å². The van der Waals surface area contributed by atoms with Crippen molar-refractivity contribution in [2.45, 2.75) is 38.7 Å². The van der Waals surface area contributed by atoms with Crippen molar-refractivity contribution in [3.8, 4) is 0 Å². The molecule has 3 rings (SSSR count). The van der Waals surface area contributed by atoms with Crippen LogP contribution in [0.4, 0.5) is 26.3 Å². The van der Waals surface area contributed by atoms with Gasteiger partial charge in [-0.3, -0.25) is 24.1 Å². The van der Waals surface area contributed by atoms with E-state index in [1.807, 2.05) is 4.98 Å². The smallest absolute Gasteiger partial charge is 0.287 e. The van der Waals surface area contributed by atoms with E-state index in [1.54, 1.807) is 12.1 Å². The number of benzene rings is 1. The molecule has 1 N–H and O–H groups in total. The quantitative estimate of drug-likeness (QED) is 0.430. The van der Waals surface area contributed by atoms with Gasteiger partial charge in [0.1, 0.15) is 5.69 Å². The van der Waals surface area contributed by atoms with Crippen LogP contribution in [0.25, 0.3) is 0 Å². The first-order valence-electron chi connectivity index (χ1n) is 9.81. The van der Waals surface area contributed by atoms with E-state index in [0.717, 1.165) is 4.57 Å². The molecule has 0 amide bonds. The van der Waals surface area contributed by atoms with Crippen LogP contribution in [0.3, 0.4) is 0 Å². The lowest BCUT2D eigenvalue weighted by atomic mass is 9.94. The van der Waals surface area contributed by atoms with E-state index in [1.165, 1.54) is 26.1 Å². The molecule has 0 bridgehead atoms. The van der Waals surface area contributed by atoms with Gasteiger partial charge in [-0.15, -0.1) is 0 Å². The fourth-order valence-corrected chi connectivity index (χ4v) is 3.39. The van der Waals surface area contributed by atoms with Crippen LogP contribution in [0.15, 0.2) is 52.2 Å². The maximum atomic E-state index is 13.4. The summed E-state index contributed by atoms with van der Waals surface area (Å²) in [5.74, 6) is -2.04. The number of hydrogen-bond acceptors (Lipinski definition) is 4. The predicted molar refractivity (Wildman–Crippen MR) is 109 cm³/mol. The molecule has 0 aliphatic heterocycles. The molecule has 0 radical (unpaired) electrons. The molecule has 0 saturated carbocycles. The maximum Gasteiger partial charge on any atom is 0.416 e. The third-order valence-electron chi connectivity index (χ3n) is 4.92. The monoisotopic (exact) mass is 485 g/mol. The molecule has 6 nitrogen and oxygen atoms in total. The van der Waals surface area contributed by atoms with Crippen LogP contribution < -0.4 is 11.2 Å². The summed E-state index contributed by atoms with van der Waals surface area (Å²) in [5.41, 5.74) is -6.99. The predicted octanol–water partition coefficient (Wildman–Crippen LogP) is 4.37.